The largest absolute Gasteiger partial charge is 0.481 e. The molecule has 1 heterocycles. The lowest BCUT2D eigenvalue weighted by molar-refractivity contribution is -0.298. The smallest absolute Gasteiger partial charge is 0.397 e. The normalized spacial score (nSPS) is 51.8. The summed E-state index contributed by atoms with van der Waals surface area (Å²) in [5.74, 6) is -1.93. The third-order valence-electron chi connectivity index (χ3n) is 15.8. The molecule has 1 aliphatic heterocycles. The highest BCUT2D eigenvalue weighted by Crippen LogP contribution is 2.77. The van der Waals surface area contributed by atoms with Gasteiger partial charge in [-0.2, -0.15) is 8.42 Å². The maximum absolute atomic E-state index is 14.4. The summed E-state index contributed by atoms with van der Waals surface area (Å²) in [4.78, 5) is 27.4. The van der Waals surface area contributed by atoms with Crippen LogP contribution in [0.25, 0.3) is 0 Å². The molecule has 6 N–H and O–H groups in total. The number of ether oxygens (including phenoxy) is 2. The molecule has 0 radical (unpaired) electrons. The number of carboxylic acid groups (broad SMARTS) is 1. The van der Waals surface area contributed by atoms with Gasteiger partial charge in [-0.3, -0.25) is 14.1 Å². The summed E-state index contributed by atoms with van der Waals surface area (Å²) in [5, 5.41) is 51.6. The lowest BCUT2D eigenvalue weighted by atomic mass is 9.32. The lowest BCUT2D eigenvalue weighted by Gasteiger charge is -2.72. The van der Waals surface area contributed by atoms with Crippen molar-refractivity contribution in [2.45, 2.75) is 136 Å². The zero-order valence-corrected chi connectivity index (χ0v) is 30.6. The van der Waals surface area contributed by atoms with Crippen molar-refractivity contribution in [1.29, 1.82) is 0 Å². The standard InChI is InChI=1S/C36H56O13S/c1-18(2)19-9-14-36(31(43)48-29-28(40)27(39)26(38)21(17-37)47-29)16-15-33(4)20(25(19)36)7-8-22-32(3)12-11-24(49-50(44,45)46)35(6,30(41)42)23(32)10-13-34(22,33)5/h19-29,37-40H,1,7-17H2,2-6H3,(H,41,42)(H,44,45,46)/t19-,20+,21+,22+,23+,24-,25+,26+,27-,28+,29+,32+,33+,34+,35-,36-/m0/s1. The molecule has 0 aromatic heterocycles. The molecule has 14 heteroatoms. The van der Waals surface area contributed by atoms with E-state index in [2.05, 4.69) is 27.4 Å². The van der Waals surface area contributed by atoms with Crippen LogP contribution in [0.3, 0.4) is 0 Å². The SMILES string of the molecule is C=C(C)[C@@H]1CC[C@]2(C(=O)O[C@H]3O[C@H](CO)[C@@H](O)[C@H](O)[C@H]3O)CC[C@]3(C)[C@H](CC[C@@H]4[C@@]5(C)CC[C@H](OS(=O)(=O)O)[C@@](C)(C(=O)O)[C@@H]5CC[C@]43C)[C@@H]12. The van der Waals surface area contributed by atoms with Crippen LogP contribution in [0.5, 0.6) is 0 Å². The Morgan fingerprint density at radius 2 is 1.54 bits per heavy atom. The summed E-state index contributed by atoms with van der Waals surface area (Å²) >= 11 is 0. The van der Waals surface area contributed by atoms with Crippen LogP contribution in [0.15, 0.2) is 12.2 Å². The molecule has 1 saturated heterocycles. The van der Waals surface area contributed by atoms with Gasteiger partial charge in [0.2, 0.25) is 6.29 Å². The number of hydrogen-bond donors (Lipinski definition) is 6. The zero-order chi connectivity index (χ0) is 37.0. The molecule has 0 aromatic carbocycles. The van der Waals surface area contributed by atoms with Crippen LogP contribution in [0.4, 0.5) is 0 Å². The average Bonchev–Trinajstić information content (AvgIpc) is 3.44. The summed E-state index contributed by atoms with van der Waals surface area (Å²) in [5.41, 5.74) is -2.39. The summed E-state index contributed by atoms with van der Waals surface area (Å²) in [6.45, 7) is 14.1. The Balaban J connectivity index is 1.33. The van der Waals surface area contributed by atoms with E-state index in [1.807, 2.05) is 6.92 Å². The molecule has 0 aromatic rings. The number of carbonyl (C=O) groups is 2. The minimum absolute atomic E-state index is 0.0392. The van der Waals surface area contributed by atoms with Crippen molar-refractivity contribution < 1.29 is 61.7 Å². The summed E-state index contributed by atoms with van der Waals surface area (Å²) in [6.07, 6.45) is -2.81. The number of carboxylic acids is 1. The van der Waals surface area contributed by atoms with E-state index in [0.717, 1.165) is 24.8 Å². The maximum atomic E-state index is 14.4. The summed E-state index contributed by atoms with van der Waals surface area (Å²) in [7, 11) is -4.87. The highest BCUT2D eigenvalue weighted by molar-refractivity contribution is 7.80. The van der Waals surface area contributed by atoms with Gasteiger partial charge < -0.3 is 35.0 Å². The highest BCUT2D eigenvalue weighted by atomic mass is 32.3. The predicted octanol–water partition coefficient (Wildman–Crippen LogP) is 3.24. The number of carbonyl (C=O) groups excluding carboxylic acids is 1. The van der Waals surface area contributed by atoms with Gasteiger partial charge in [-0.25, -0.2) is 4.18 Å². The van der Waals surface area contributed by atoms with E-state index in [-0.39, 0.29) is 40.9 Å². The topological polar surface area (TPSA) is 217 Å². The molecule has 13 nitrogen and oxygen atoms in total. The van der Waals surface area contributed by atoms with Crippen LogP contribution in [0.2, 0.25) is 0 Å². The third kappa shape index (κ3) is 5.28. The maximum Gasteiger partial charge on any atom is 0.397 e. The Labute approximate surface area is 294 Å². The van der Waals surface area contributed by atoms with Gasteiger partial charge in [0.25, 0.3) is 0 Å². The lowest BCUT2D eigenvalue weighted by Crippen LogP contribution is -2.68. The Hall–Kier alpha value is -1.65. The number of allylic oxidation sites excluding steroid dienone is 1. The van der Waals surface area contributed by atoms with Gasteiger partial charge in [0, 0.05) is 0 Å². The van der Waals surface area contributed by atoms with E-state index in [1.165, 1.54) is 0 Å². The van der Waals surface area contributed by atoms with Gasteiger partial charge in [-0.15, -0.1) is 0 Å². The fourth-order valence-corrected chi connectivity index (χ4v) is 13.7. The number of aliphatic carboxylic acids is 1. The molecular weight excluding hydrogens is 672 g/mol. The van der Waals surface area contributed by atoms with Crippen molar-refractivity contribution in [3.05, 3.63) is 12.2 Å². The van der Waals surface area contributed by atoms with Gasteiger partial charge >= 0.3 is 22.3 Å². The Morgan fingerprint density at radius 3 is 2.14 bits per heavy atom. The van der Waals surface area contributed by atoms with Crippen LogP contribution >= 0.6 is 0 Å². The Kier molecular flexibility index (Phi) is 9.49. The molecule has 5 saturated carbocycles. The minimum Gasteiger partial charge on any atom is -0.481 e. The molecule has 0 bridgehead atoms. The first kappa shape index (κ1) is 38.1. The molecule has 6 fully saturated rings. The molecule has 6 rings (SSSR count). The number of fused-ring (bicyclic) bond motifs is 7. The predicted molar refractivity (Wildman–Crippen MR) is 177 cm³/mol. The number of esters is 1. The van der Waals surface area contributed by atoms with Crippen LogP contribution in [0, 0.1) is 56.7 Å². The van der Waals surface area contributed by atoms with E-state index in [1.54, 1.807) is 6.92 Å². The fraction of sp³-hybridized carbons (Fsp3) is 0.889. The second-order valence-electron chi connectivity index (χ2n) is 17.6. The van der Waals surface area contributed by atoms with Crippen molar-refractivity contribution >= 4 is 22.3 Å². The van der Waals surface area contributed by atoms with Gasteiger partial charge in [0.05, 0.1) is 23.5 Å². The summed E-state index contributed by atoms with van der Waals surface area (Å²) in [6, 6.07) is 0. The second-order valence-corrected chi connectivity index (χ2v) is 18.6. The number of aliphatic hydroxyl groups excluding tert-OH is 4. The van der Waals surface area contributed by atoms with Crippen molar-refractivity contribution in [3.63, 3.8) is 0 Å². The molecule has 0 unspecified atom stereocenters. The minimum atomic E-state index is -4.87. The molecule has 0 spiro atoms. The van der Waals surface area contributed by atoms with Crippen molar-refractivity contribution in [2.75, 3.05) is 6.61 Å². The fourth-order valence-electron chi connectivity index (χ4n) is 13.1. The van der Waals surface area contributed by atoms with Gasteiger partial charge in [0.1, 0.15) is 24.4 Å². The van der Waals surface area contributed by atoms with Gasteiger partial charge in [0.15, 0.2) is 0 Å². The van der Waals surface area contributed by atoms with Crippen molar-refractivity contribution in [2.24, 2.45) is 56.7 Å². The quantitative estimate of drug-likeness (QED) is 0.126. The van der Waals surface area contributed by atoms with E-state index in [9.17, 15) is 48.1 Å². The Bertz CT molecular complexity index is 1500. The van der Waals surface area contributed by atoms with E-state index < -0.39 is 87.9 Å². The van der Waals surface area contributed by atoms with Crippen LogP contribution in [-0.4, -0.2) is 93.9 Å². The first-order valence-corrected chi connectivity index (χ1v) is 19.5. The number of aliphatic hydroxyl groups is 4. The van der Waals surface area contributed by atoms with Crippen LogP contribution in [-0.2, 0) is 33.6 Å². The average molecular weight is 729 g/mol. The molecule has 6 aliphatic rings. The summed E-state index contributed by atoms with van der Waals surface area (Å²) < 4.78 is 49.7. The Morgan fingerprint density at radius 1 is 0.860 bits per heavy atom. The van der Waals surface area contributed by atoms with Gasteiger partial charge in [-0.05, 0) is 124 Å². The molecule has 50 heavy (non-hydrogen) atoms. The third-order valence-corrected chi connectivity index (χ3v) is 16.3. The van der Waals surface area contributed by atoms with Crippen molar-refractivity contribution in [3.8, 4) is 0 Å². The second kappa shape index (κ2) is 12.5. The molecule has 16 atom stereocenters. The molecule has 284 valence electrons. The molecular formula is C36H56O13S. The van der Waals surface area contributed by atoms with Crippen LogP contribution in [0.1, 0.15) is 98.8 Å². The monoisotopic (exact) mass is 728 g/mol. The molecule has 5 aliphatic carbocycles. The first-order valence-electron chi connectivity index (χ1n) is 18.2. The number of rotatable bonds is 7. The van der Waals surface area contributed by atoms with Gasteiger partial charge in [-0.1, -0.05) is 32.9 Å². The van der Waals surface area contributed by atoms with E-state index >= 15 is 0 Å². The highest BCUT2D eigenvalue weighted by Gasteiger charge is 2.73. The van der Waals surface area contributed by atoms with Crippen molar-refractivity contribution in [1.82, 2.24) is 0 Å². The van der Waals surface area contributed by atoms with E-state index in [0.29, 0.717) is 38.5 Å². The van der Waals surface area contributed by atoms with Crippen LogP contribution < -0.4 is 0 Å². The van der Waals surface area contributed by atoms with E-state index in [4.69, 9.17) is 13.7 Å². The zero-order valence-electron chi connectivity index (χ0n) is 29.8. The first-order chi connectivity index (χ1) is 23.1. The number of hydrogen-bond acceptors (Lipinski definition) is 11. The molecule has 0 amide bonds.